The zero-order valence-corrected chi connectivity index (χ0v) is 12.5. The number of hydrogen-bond acceptors (Lipinski definition) is 3. The Morgan fingerprint density at radius 2 is 1.85 bits per heavy atom. The zero-order valence-electron chi connectivity index (χ0n) is 11.7. The third-order valence-corrected chi connectivity index (χ3v) is 4.29. The van der Waals surface area contributed by atoms with Crippen molar-refractivity contribution in [3.8, 4) is 11.5 Å². The summed E-state index contributed by atoms with van der Waals surface area (Å²) in [6.45, 7) is 0. The van der Waals surface area contributed by atoms with E-state index >= 15 is 0 Å². The molecule has 1 N–H and O–H groups in total. The van der Waals surface area contributed by atoms with Crippen molar-refractivity contribution in [3.63, 3.8) is 0 Å². The van der Waals surface area contributed by atoms with E-state index in [0.717, 1.165) is 19.3 Å². The van der Waals surface area contributed by atoms with Crippen LogP contribution in [-0.4, -0.2) is 25.3 Å². The fraction of sp³-hybridized carbons (Fsp3) is 0.533. The second-order valence-electron chi connectivity index (χ2n) is 5.14. The molecule has 0 atom stereocenters. The van der Waals surface area contributed by atoms with Crippen LogP contribution >= 0.6 is 11.6 Å². The Kier molecular flexibility index (Phi) is 4.43. The normalized spacial score (nSPS) is 17.6. The Hall–Kier alpha value is -1.42. The summed E-state index contributed by atoms with van der Waals surface area (Å²) in [5.74, 6) is 0.127. The Bertz CT molecular complexity index is 507. The van der Waals surface area contributed by atoms with Gasteiger partial charge in [-0.15, -0.1) is 0 Å². The van der Waals surface area contributed by atoms with Crippen LogP contribution in [0.3, 0.4) is 0 Å². The number of ether oxygens (including phenoxy) is 2. The lowest BCUT2D eigenvalue weighted by Crippen LogP contribution is -2.38. The third-order valence-electron chi connectivity index (χ3n) is 4.08. The molecule has 0 aromatic heterocycles. The summed E-state index contributed by atoms with van der Waals surface area (Å²) in [6.07, 6.45) is 4.05. The summed E-state index contributed by atoms with van der Waals surface area (Å²) in [7, 11) is 3.04. The van der Waals surface area contributed by atoms with Crippen LogP contribution in [0, 0.1) is 0 Å². The number of carboxylic acid groups (broad SMARTS) is 1. The molecule has 1 aromatic rings. The van der Waals surface area contributed by atoms with Gasteiger partial charge in [0.05, 0.1) is 19.6 Å². The topological polar surface area (TPSA) is 55.8 Å². The molecule has 20 heavy (non-hydrogen) atoms. The number of methoxy groups -OCH3 is 2. The van der Waals surface area contributed by atoms with E-state index in [2.05, 4.69) is 0 Å². The van der Waals surface area contributed by atoms with Crippen molar-refractivity contribution < 1.29 is 19.4 Å². The first-order valence-electron chi connectivity index (χ1n) is 6.70. The van der Waals surface area contributed by atoms with Crippen LogP contribution in [0.5, 0.6) is 11.5 Å². The Morgan fingerprint density at radius 1 is 1.20 bits per heavy atom. The van der Waals surface area contributed by atoms with E-state index in [0.29, 0.717) is 34.9 Å². The smallest absolute Gasteiger partial charge is 0.314 e. The van der Waals surface area contributed by atoms with E-state index in [-0.39, 0.29) is 0 Å². The van der Waals surface area contributed by atoms with Gasteiger partial charge in [-0.1, -0.05) is 30.9 Å². The lowest BCUT2D eigenvalue weighted by molar-refractivity contribution is -0.145. The van der Waals surface area contributed by atoms with Gasteiger partial charge in [-0.25, -0.2) is 0 Å². The predicted molar refractivity (Wildman–Crippen MR) is 77.0 cm³/mol. The minimum Gasteiger partial charge on any atom is -0.493 e. The average molecular weight is 299 g/mol. The molecule has 5 heteroatoms. The minimum absolute atomic E-state index is 0.462. The highest BCUT2D eigenvalue weighted by molar-refractivity contribution is 6.31. The van der Waals surface area contributed by atoms with E-state index in [1.165, 1.54) is 14.2 Å². The van der Waals surface area contributed by atoms with E-state index in [1.54, 1.807) is 12.1 Å². The fourth-order valence-corrected chi connectivity index (χ4v) is 3.25. The summed E-state index contributed by atoms with van der Waals surface area (Å²) >= 11 is 6.12. The van der Waals surface area contributed by atoms with Crippen molar-refractivity contribution in [3.05, 3.63) is 22.7 Å². The number of benzene rings is 1. The monoisotopic (exact) mass is 298 g/mol. The number of carboxylic acids is 1. The van der Waals surface area contributed by atoms with Gasteiger partial charge in [0, 0.05) is 16.7 Å². The summed E-state index contributed by atoms with van der Waals surface area (Å²) in [4.78, 5) is 11.9. The van der Waals surface area contributed by atoms with Gasteiger partial charge in [-0.2, -0.15) is 0 Å². The molecule has 1 aliphatic carbocycles. The largest absolute Gasteiger partial charge is 0.493 e. The number of aliphatic carboxylic acids is 1. The molecule has 0 bridgehead atoms. The maximum atomic E-state index is 11.9. The van der Waals surface area contributed by atoms with Crippen LogP contribution in [0.4, 0.5) is 0 Å². The predicted octanol–water partition coefficient (Wildman–Crippen LogP) is 3.64. The summed E-state index contributed by atoms with van der Waals surface area (Å²) in [5, 5.41) is 10.2. The molecule has 0 radical (unpaired) electrons. The minimum atomic E-state index is -0.929. The molecule has 1 aliphatic rings. The molecule has 0 aliphatic heterocycles. The van der Waals surface area contributed by atoms with Crippen molar-refractivity contribution in [2.75, 3.05) is 14.2 Å². The highest BCUT2D eigenvalue weighted by Gasteiger charge is 2.44. The van der Waals surface area contributed by atoms with Gasteiger partial charge < -0.3 is 14.6 Å². The molecule has 0 amide bonds. The second kappa shape index (κ2) is 5.92. The van der Waals surface area contributed by atoms with Crippen molar-refractivity contribution in [2.24, 2.45) is 0 Å². The molecule has 0 unspecified atom stereocenters. The van der Waals surface area contributed by atoms with E-state index in [1.807, 2.05) is 0 Å². The van der Waals surface area contributed by atoms with Gasteiger partial charge in [0.1, 0.15) is 0 Å². The molecular weight excluding hydrogens is 280 g/mol. The van der Waals surface area contributed by atoms with E-state index in [9.17, 15) is 9.90 Å². The third kappa shape index (κ3) is 2.44. The van der Waals surface area contributed by atoms with E-state index < -0.39 is 11.4 Å². The van der Waals surface area contributed by atoms with Crippen LogP contribution in [0.15, 0.2) is 12.1 Å². The standard InChI is InChI=1S/C15H19ClO4/c1-19-12-9-10(16)8-11(13(12)20-2)15(14(17)18)6-4-3-5-7-15/h8-9H,3-7H2,1-2H3,(H,17,18). The van der Waals surface area contributed by atoms with Crippen LogP contribution in [-0.2, 0) is 10.2 Å². The molecule has 110 valence electrons. The van der Waals surface area contributed by atoms with Crippen LogP contribution < -0.4 is 9.47 Å². The maximum Gasteiger partial charge on any atom is 0.314 e. The Balaban J connectivity index is 2.64. The lowest BCUT2D eigenvalue weighted by atomic mass is 9.69. The number of halogens is 1. The quantitative estimate of drug-likeness (QED) is 0.922. The zero-order chi connectivity index (χ0) is 14.8. The average Bonchev–Trinajstić information content (AvgIpc) is 2.46. The summed E-state index contributed by atoms with van der Waals surface area (Å²) < 4.78 is 10.7. The molecule has 4 nitrogen and oxygen atoms in total. The first-order chi connectivity index (χ1) is 9.55. The first kappa shape index (κ1) is 15.0. The van der Waals surface area contributed by atoms with Gasteiger partial charge in [0.2, 0.25) is 0 Å². The fourth-order valence-electron chi connectivity index (χ4n) is 3.04. The van der Waals surface area contributed by atoms with Crippen LogP contribution in [0.1, 0.15) is 37.7 Å². The number of carbonyl (C=O) groups is 1. The molecule has 0 saturated heterocycles. The van der Waals surface area contributed by atoms with Crippen molar-refractivity contribution >= 4 is 17.6 Å². The van der Waals surface area contributed by atoms with Crippen molar-refractivity contribution in [2.45, 2.75) is 37.5 Å². The Labute approximate surface area is 123 Å². The first-order valence-corrected chi connectivity index (χ1v) is 7.08. The van der Waals surface area contributed by atoms with Gasteiger partial charge in [-0.3, -0.25) is 4.79 Å². The molecule has 0 spiro atoms. The number of hydrogen-bond donors (Lipinski definition) is 1. The van der Waals surface area contributed by atoms with Crippen LogP contribution in [0.25, 0.3) is 0 Å². The number of rotatable bonds is 4. The summed E-state index contributed by atoms with van der Waals surface area (Å²) in [6, 6.07) is 3.34. The molecule has 1 fully saturated rings. The van der Waals surface area contributed by atoms with Gasteiger partial charge in [0.15, 0.2) is 11.5 Å². The maximum absolute atomic E-state index is 11.9. The van der Waals surface area contributed by atoms with Gasteiger partial charge >= 0.3 is 5.97 Å². The molecule has 0 heterocycles. The van der Waals surface area contributed by atoms with Gasteiger partial charge in [-0.05, 0) is 18.9 Å². The highest BCUT2D eigenvalue weighted by Crippen LogP contribution is 2.47. The second-order valence-corrected chi connectivity index (χ2v) is 5.57. The lowest BCUT2D eigenvalue weighted by Gasteiger charge is -2.35. The SMILES string of the molecule is COc1cc(Cl)cc(C2(C(=O)O)CCCCC2)c1OC. The highest BCUT2D eigenvalue weighted by atomic mass is 35.5. The summed E-state index contributed by atoms with van der Waals surface area (Å²) in [5.41, 5.74) is -0.307. The van der Waals surface area contributed by atoms with Crippen LogP contribution in [0.2, 0.25) is 5.02 Å². The Morgan fingerprint density at radius 3 is 2.35 bits per heavy atom. The molecule has 1 saturated carbocycles. The van der Waals surface area contributed by atoms with Gasteiger partial charge in [0.25, 0.3) is 0 Å². The molecular formula is C15H19ClO4. The van der Waals surface area contributed by atoms with Crippen molar-refractivity contribution in [1.82, 2.24) is 0 Å². The molecule has 2 rings (SSSR count). The van der Waals surface area contributed by atoms with Crippen molar-refractivity contribution in [1.29, 1.82) is 0 Å². The molecule has 1 aromatic carbocycles. The van der Waals surface area contributed by atoms with E-state index in [4.69, 9.17) is 21.1 Å².